The number of carbonyl (C=O) groups is 2. The summed E-state index contributed by atoms with van der Waals surface area (Å²) in [5, 5.41) is 10.6. The average Bonchev–Trinajstić information content (AvgIpc) is 3.21. The fourth-order valence-corrected chi connectivity index (χ4v) is 3.24. The fourth-order valence-electron chi connectivity index (χ4n) is 3.24. The lowest BCUT2D eigenvalue weighted by Crippen LogP contribution is -2.38. The highest BCUT2D eigenvalue weighted by atomic mass is 16.3. The zero-order valence-corrected chi connectivity index (χ0v) is 16.4. The van der Waals surface area contributed by atoms with Gasteiger partial charge >= 0.3 is 0 Å². The predicted octanol–water partition coefficient (Wildman–Crippen LogP) is 0.287. The van der Waals surface area contributed by atoms with Crippen LogP contribution < -0.4 is 5.73 Å². The number of benzene rings is 1. The highest BCUT2D eigenvalue weighted by Gasteiger charge is 2.36. The van der Waals surface area contributed by atoms with E-state index < -0.39 is 17.9 Å². The van der Waals surface area contributed by atoms with Gasteiger partial charge in [0.15, 0.2) is 17.0 Å². The second kappa shape index (κ2) is 7.52. The quantitative estimate of drug-likeness (QED) is 0.336. The maximum absolute atomic E-state index is 12.5. The third kappa shape index (κ3) is 3.46. The van der Waals surface area contributed by atoms with E-state index in [1.165, 1.54) is 6.33 Å². The molecule has 30 heavy (non-hydrogen) atoms. The Balaban J connectivity index is 1.55. The fraction of sp³-hybridized carbons (Fsp3) is 0.263. The SMILES string of the molecule is CN(C)/C=N/c1nc(N)nc2c1ncn2CC(O)CN1C(=O)c2ccccc2C1=O. The Bertz CT molecular complexity index is 1130. The smallest absolute Gasteiger partial charge is 0.261 e. The van der Waals surface area contributed by atoms with Crippen LogP contribution in [0.3, 0.4) is 0 Å². The molecule has 1 atom stereocenters. The molecule has 1 aromatic carbocycles. The first-order chi connectivity index (χ1) is 14.3. The van der Waals surface area contributed by atoms with E-state index in [0.29, 0.717) is 28.1 Å². The van der Waals surface area contributed by atoms with Crippen LogP contribution in [0, 0.1) is 0 Å². The Morgan fingerprint density at radius 2 is 1.83 bits per heavy atom. The van der Waals surface area contributed by atoms with E-state index in [1.807, 2.05) is 14.1 Å². The molecule has 3 aromatic rings. The number of β-amino-alcohol motifs (C(OH)–C–C–N with tert-alkyl or cyclic N) is 1. The van der Waals surface area contributed by atoms with E-state index in [9.17, 15) is 14.7 Å². The van der Waals surface area contributed by atoms with Gasteiger partial charge in [0, 0.05) is 14.1 Å². The summed E-state index contributed by atoms with van der Waals surface area (Å²) in [6.07, 6.45) is 2.02. The zero-order valence-electron chi connectivity index (χ0n) is 16.4. The summed E-state index contributed by atoms with van der Waals surface area (Å²) in [6.45, 7) is -0.102. The highest BCUT2D eigenvalue weighted by Crippen LogP contribution is 2.24. The minimum atomic E-state index is -1.03. The molecule has 0 radical (unpaired) electrons. The molecule has 2 amide bonds. The lowest BCUT2D eigenvalue weighted by atomic mass is 10.1. The van der Waals surface area contributed by atoms with E-state index in [-0.39, 0.29) is 19.0 Å². The highest BCUT2D eigenvalue weighted by molar-refractivity contribution is 6.21. The number of nitrogen functional groups attached to an aromatic ring is 1. The lowest BCUT2D eigenvalue weighted by Gasteiger charge is -2.19. The minimum absolute atomic E-state index is 0.0185. The number of amides is 2. The van der Waals surface area contributed by atoms with Crippen LogP contribution in [0.5, 0.6) is 0 Å². The molecular formula is C19H20N8O3. The Hall–Kier alpha value is -3.86. The summed E-state index contributed by atoms with van der Waals surface area (Å²) in [6, 6.07) is 6.59. The number of aliphatic hydroxyl groups excluding tert-OH is 1. The molecule has 2 aromatic heterocycles. The molecule has 4 rings (SSSR count). The Morgan fingerprint density at radius 1 is 1.17 bits per heavy atom. The van der Waals surface area contributed by atoms with Gasteiger partial charge in [-0.1, -0.05) is 12.1 Å². The minimum Gasteiger partial charge on any atom is -0.389 e. The molecule has 1 aliphatic heterocycles. The third-order valence-electron chi connectivity index (χ3n) is 4.55. The first-order valence-corrected chi connectivity index (χ1v) is 9.17. The van der Waals surface area contributed by atoms with Crippen molar-refractivity contribution in [2.45, 2.75) is 12.6 Å². The number of imide groups is 1. The molecule has 154 valence electrons. The number of hydrogen-bond acceptors (Lipinski definition) is 8. The number of anilines is 1. The summed E-state index contributed by atoms with van der Waals surface area (Å²) >= 11 is 0. The normalized spacial score (nSPS) is 14.7. The third-order valence-corrected chi connectivity index (χ3v) is 4.55. The van der Waals surface area contributed by atoms with Crippen LogP contribution >= 0.6 is 0 Å². The van der Waals surface area contributed by atoms with Crippen LogP contribution in [0.2, 0.25) is 0 Å². The van der Waals surface area contributed by atoms with Gasteiger partial charge in [-0.2, -0.15) is 9.97 Å². The molecule has 1 unspecified atom stereocenters. The van der Waals surface area contributed by atoms with E-state index in [0.717, 1.165) is 4.90 Å². The number of aliphatic hydroxyl groups is 1. The summed E-state index contributed by atoms with van der Waals surface area (Å²) in [5.74, 6) is -0.515. The van der Waals surface area contributed by atoms with Crippen LogP contribution in [0.4, 0.5) is 11.8 Å². The molecule has 11 nitrogen and oxygen atoms in total. The van der Waals surface area contributed by atoms with E-state index in [2.05, 4.69) is 19.9 Å². The van der Waals surface area contributed by atoms with Crippen molar-refractivity contribution in [3.05, 3.63) is 41.7 Å². The van der Waals surface area contributed by atoms with Crippen molar-refractivity contribution in [1.82, 2.24) is 29.3 Å². The number of fused-ring (bicyclic) bond motifs is 2. The topological polar surface area (TPSA) is 143 Å². The lowest BCUT2D eigenvalue weighted by molar-refractivity contribution is 0.0522. The molecule has 11 heteroatoms. The molecule has 3 heterocycles. The van der Waals surface area contributed by atoms with Crippen molar-refractivity contribution in [3.8, 4) is 0 Å². The summed E-state index contributed by atoms with van der Waals surface area (Å²) in [5.41, 5.74) is 7.30. The zero-order chi connectivity index (χ0) is 21.4. The maximum atomic E-state index is 12.5. The second-order valence-corrected chi connectivity index (χ2v) is 7.10. The molecule has 0 saturated heterocycles. The Morgan fingerprint density at radius 3 is 2.47 bits per heavy atom. The van der Waals surface area contributed by atoms with Crippen LogP contribution in [-0.4, -0.2) is 79.3 Å². The second-order valence-electron chi connectivity index (χ2n) is 7.10. The van der Waals surface area contributed by atoms with Gasteiger partial charge in [0.1, 0.15) is 0 Å². The summed E-state index contributed by atoms with van der Waals surface area (Å²) < 4.78 is 1.59. The predicted molar refractivity (Wildman–Crippen MR) is 109 cm³/mol. The van der Waals surface area contributed by atoms with Crippen molar-refractivity contribution in [2.75, 3.05) is 26.4 Å². The number of nitrogens with zero attached hydrogens (tertiary/aromatic N) is 7. The average molecular weight is 408 g/mol. The van der Waals surface area contributed by atoms with Gasteiger partial charge in [0.25, 0.3) is 11.8 Å². The first kappa shape index (κ1) is 19.5. The molecule has 0 bridgehead atoms. The standard InChI is InChI=1S/C19H20N8O3/c1-25(2)9-22-15-14-16(24-19(20)23-15)26(10-21-14)7-11(28)8-27-17(29)12-5-3-4-6-13(12)18(27)30/h3-6,9-11,28H,7-8H2,1-2H3,(H2,20,23,24)/b22-9+. The van der Waals surface area contributed by atoms with Crippen LogP contribution in [0.1, 0.15) is 20.7 Å². The van der Waals surface area contributed by atoms with Gasteiger partial charge < -0.3 is 20.3 Å². The molecule has 0 fully saturated rings. The Labute approximate surface area is 171 Å². The van der Waals surface area contributed by atoms with E-state index >= 15 is 0 Å². The van der Waals surface area contributed by atoms with Crippen LogP contribution in [0.25, 0.3) is 11.2 Å². The van der Waals surface area contributed by atoms with Crippen molar-refractivity contribution < 1.29 is 14.7 Å². The molecule has 1 aliphatic rings. The molecule has 0 aliphatic carbocycles. The number of hydrogen-bond donors (Lipinski definition) is 2. The molecule has 0 saturated carbocycles. The Kier molecular flexibility index (Phi) is 4.88. The monoisotopic (exact) mass is 408 g/mol. The van der Waals surface area contributed by atoms with Gasteiger partial charge in [-0.05, 0) is 12.1 Å². The van der Waals surface area contributed by atoms with Gasteiger partial charge in [-0.3, -0.25) is 14.5 Å². The van der Waals surface area contributed by atoms with Gasteiger partial charge in [-0.15, -0.1) is 0 Å². The van der Waals surface area contributed by atoms with Crippen molar-refractivity contribution in [3.63, 3.8) is 0 Å². The summed E-state index contributed by atoms with van der Waals surface area (Å²) in [7, 11) is 3.64. The van der Waals surface area contributed by atoms with Gasteiger partial charge in [0.2, 0.25) is 5.95 Å². The molecular weight excluding hydrogens is 388 g/mol. The first-order valence-electron chi connectivity index (χ1n) is 9.17. The molecule has 0 spiro atoms. The van der Waals surface area contributed by atoms with Gasteiger partial charge in [-0.25, -0.2) is 9.98 Å². The largest absolute Gasteiger partial charge is 0.389 e. The number of aliphatic imine (C=N–C) groups is 1. The number of nitrogens with two attached hydrogens (primary N) is 1. The van der Waals surface area contributed by atoms with E-state index in [4.69, 9.17) is 5.73 Å². The summed E-state index contributed by atoms with van der Waals surface area (Å²) in [4.78, 5) is 44.6. The number of rotatable bonds is 6. The van der Waals surface area contributed by atoms with Crippen molar-refractivity contribution in [1.29, 1.82) is 0 Å². The number of aromatic nitrogens is 4. The van der Waals surface area contributed by atoms with Gasteiger partial charge in [0.05, 0.1) is 43.0 Å². The maximum Gasteiger partial charge on any atom is 0.261 e. The molecule has 3 N–H and O–H groups in total. The van der Waals surface area contributed by atoms with Crippen molar-refractivity contribution >= 4 is 41.1 Å². The van der Waals surface area contributed by atoms with Crippen LogP contribution in [-0.2, 0) is 6.54 Å². The number of imidazole rings is 1. The number of carbonyl (C=O) groups excluding carboxylic acids is 2. The van der Waals surface area contributed by atoms with E-state index in [1.54, 1.807) is 40.1 Å². The van der Waals surface area contributed by atoms with Crippen molar-refractivity contribution in [2.24, 2.45) is 4.99 Å². The van der Waals surface area contributed by atoms with Crippen LogP contribution in [0.15, 0.2) is 35.6 Å².